The lowest BCUT2D eigenvalue weighted by atomic mass is 10.1. The lowest BCUT2D eigenvalue weighted by molar-refractivity contribution is -0.384. The molecule has 26 heavy (non-hydrogen) atoms. The van der Waals surface area contributed by atoms with E-state index in [-0.39, 0.29) is 16.4 Å². The zero-order valence-electron chi connectivity index (χ0n) is 14.7. The van der Waals surface area contributed by atoms with Gasteiger partial charge in [-0.3, -0.25) is 19.8 Å². The van der Waals surface area contributed by atoms with Gasteiger partial charge < -0.3 is 4.90 Å². The SMILES string of the molecule is O=C(CCc1ccccc1)CN1CCN(c2ccc([N+](=O)[O-])cc2)CC1. The van der Waals surface area contributed by atoms with Crippen molar-refractivity contribution in [3.63, 3.8) is 0 Å². The maximum atomic E-state index is 12.2. The second-order valence-electron chi connectivity index (χ2n) is 6.56. The molecule has 0 atom stereocenters. The fourth-order valence-corrected chi connectivity index (χ4v) is 3.21. The Labute approximate surface area is 153 Å². The first-order valence-corrected chi connectivity index (χ1v) is 8.89. The molecule has 0 aromatic heterocycles. The van der Waals surface area contributed by atoms with Crippen LogP contribution in [0.5, 0.6) is 0 Å². The van der Waals surface area contributed by atoms with Gasteiger partial charge in [-0.15, -0.1) is 0 Å². The molecular formula is C20H23N3O3. The van der Waals surface area contributed by atoms with Crippen LogP contribution in [-0.4, -0.2) is 48.3 Å². The van der Waals surface area contributed by atoms with Crippen molar-refractivity contribution in [1.29, 1.82) is 0 Å². The molecule has 0 unspecified atom stereocenters. The first-order chi connectivity index (χ1) is 12.6. The summed E-state index contributed by atoms with van der Waals surface area (Å²) in [7, 11) is 0. The number of nitro groups is 1. The summed E-state index contributed by atoms with van der Waals surface area (Å²) < 4.78 is 0. The van der Waals surface area contributed by atoms with Crippen LogP contribution >= 0.6 is 0 Å². The molecule has 0 spiro atoms. The molecule has 0 saturated carbocycles. The van der Waals surface area contributed by atoms with Crippen LogP contribution < -0.4 is 4.90 Å². The summed E-state index contributed by atoms with van der Waals surface area (Å²) in [5.41, 5.74) is 2.30. The Morgan fingerprint density at radius 2 is 1.62 bits per heavy atom. The number of aryl methyl sites for hydroxylation is 1. The van der Waals surface area contributed by atoms with Crippen LogP contribution in [0.2, 0.25) is 0 Å². The Morgan fingerprint density at radius 3 is 2.23 bits per heavy atom. The van der Waals surface area contributed by atoms with Crippen LogP contribution in [0.4, 0.5) is 11.4 Å². The van der Waals surface area contributed by atoms with Crippen LogP contribution in [0.3, 0.4) is 0 Å². The van der Waals surface area contributed by atoms with E-state index in [1.165, 1.54) is 17.7 Å². The highest BCUT2D eigenvalue weighted by Crippen LogP contribution is 2.20. The molecule has 1 heterocycles. The van der Waals surface area contributed by atoms with E-state index in [2.05, 4.69) is 21.9 Å². The topological polar surface area (TPSA) is 66.7 Å². The van der Waals surface area contributed by atoms with Crippen LogP contribution in [0.25, 0.3) is 0 Å². The molecule has 1 fully saturated rings. The van der Waals surface area contributed by atoms with E-state index in [1.54, 1.807) is 12.1 Å². The van der Waals surface area contributed by atoms with Gasteiger partial charge in [0.1, 0.15) is 5.78 Å². The van der Waals surface area contributed by atoms with Gasteiger partial charge in [0.05, 0.1) is 11.5 Å². The number of nitrogens with zero attached hydrogens (tertiary/aromatic N) is 3. The highest BCUT2D eigenvalue weighted by Gasteiger charge is 2.19. The molecule has 0 amide bonds. The van der Waals surface area contributed by atoms with Crippen molar-refractivity contribution in [3.05, 3.63) is 70.3 Å². The second kappa shape index (κ2) is 8.58. The van der Waals surface area contributed by atoms with Crippen molar-refractivity contribution in [1.82, 2.24) is 4.90 Å². The number of carbonyl (C=O) groups excluding carboxylic acids is 1. The van der Waals surface area contributed by atoms with Gasteiger partial charge >= 0.3 is 0 Å². The summed E-state index contributed by atoms with van der Waals surface area (Å²) >= 11 is 0. The summed E-state index contributed by atoms with van der Waals surface area (Å²) in [5, 5.41) is 10.7. The van der Waals surface area contributed by atoms with E-state index >= 15 is 0 Å². The van der Waals surface area contributed by atoms with E-state index in [0.29, 0.717) is 13.0 Å². The number of hydrogen-bond acceptors (Lipinski definition) is 5. The first kappa shape index (κ1) is 18.1. The minimum Gasteiger partial charge on any atom is -0.369 e. The molecule has 1 saturated heterocycles. The molecule has 2 aromatic rings. The van der Waals surface area contributed by atoms with Crippen molar-refractivity contribution >= 4 is 17.2 Å². The van der Waals surface area contributed by atoms with Crippen LogP contribution in [0.1, 0.15) is 12.0 Å². The summed E-state index contributed by atoms with van der Waals surface area (Å²) in [4.78, 5) is 27.0. The largest absolute Gasteiger partial charge is 0.369 e. The molecule has 3 rings (SSSR count). The quantitative estimate of drug-likeness (QED) is 0.566. The molecule has 0 radical (unpaired) electrons. The van der Waals surface area contributed by atoms with E-state index in [9.17, 15) is 14.9 Å². The van der Waals surface area contributed by atoms with Crippen molar-refractivity contribution in [2.24, 2.45) is 0 Å². The number of ketones is 1. The zero-order valence-corrected chi connectivity index (χ0v) is 14.7. The third kappa shape index (κ3) is 4.89. The third-order valence-electron chi connectivity index (χ3n) is 4.73. The number of nitro benzene ring substituents is 1. The monoisotopic (exact) mass is 353 g/mol. The molecule has 0 aliphatic carbocycles. The molecule has 136 valence electrons. The van der Waals surface area contributed by atoms with Gasteiger partial charge in [0.2, 0.25) is 0 Å². The molecule has 2 aromatic carbocycles. The normalized spacial score (nSPS) is 15.0. The number of piperazine rings is 1. The van der Waals surface area contributed by atoms with E-state index in [1.807, 2.05) is 18.2 Å². The summed E-state index contributed by atoms with van der Waals surface area (Å²) in [6.45, 7) is 3.80. The fourth-order valence-electron chi connectivity index (χ4n) is 3.21. The second-order valence-corrected chi connectivity index (χ2v) is 6.56. The van der Waals surface area contributed by atoms with Gasteiger partial charge in [-0.05, 0) is 24.1 Å². The molecule has 1 aliphatic rings. The van der Waals surface area contributed by atoms with Gasteiger partial charge in [-0.1, -0.05) is 30.3 Å². The summed E-state index contributed by atoms with van der Waals surface area (Å²) in [5.74, 6) is 0.276. The van der Waals surface area contributed by atoms with Crippen molar-refractivity contribution < 1.29 is 9.72 Å². The predicted molar refractivity (Wildman–Crippen MR) is 102 cm³/mol. The van der Waals surface area contributed by atoms with Crippen molar-refractivity contribution in [2.45, 2.75) is 12.8 Å². The molecule has 1 aliphatic heterocycles. The van der Waals surface area contributed by atoms with Crippen LogP contribution in [0.15, 0.2) is 54.6 Å². The number of carbonyl (C=O) groups is 1. The Balaban J connectivity index is 1.43. The van der Waals surface area contributed by atoms with E-state index in [4.69, 9.17) is 0 Å². The maximum absolute atomic E-state index is 12.2. The smallest absolute Gasteiger partial charge is 0.269 e. The highest BCUT2D eigenvalue weighted by atomic mass is 16.6. The molecule has 6 nitrogen and oxygen atoms in total. The number of rotatable bonds is 7. The zero-order chi connectivity index (χ0) is 18.4. The third-order valence-corrected chi connectivity index (χ3v) is 4.73. The summed E-state index contributed by atoms with van der Waals surface area (Å²) in [6.07, 6.45) is 1.37. The number of anilines is 1. The average molecular weight is 353 g/mol. The molecular weight excluding hydrogens is 330 g/mol. The predicted octanol–water partition coefficient (Wildman–Crippen LogP) is 2.92. The van der Waals surface area contributed by atoms with Gasteiger partial charge in [0.15, 0.2) is 0 Å². The first-order valence-electron chi connectivity index (χ1n) is 8.89. The van der Waals surface area contributed by atoms with Crippen molar-refractivity contribution in [3.8, 4) is 0 Å². The Kier molecular flexibility index (Phi) is 5.96. The van der Waals surface area contributed by atoms with E-state index < -0.39 is 0 Å². The Morgan fingerprint density at radius 1 is 0.962 bits per heavy atom. The number of non-ortho nitro benzene ring substituents is 1. The lowest BCUT2D eigenvalue weighted by Gasteiger charge is -2.35. The number of Topliss-reactive ketones (excluding diaryl/α,β-unsaturated/α-hetero) is 1. The van der Waals surface area contributed by atoms with Crippen LogP contribution in [-0.2, 0) is 11.2 Å². The fraction of sp³-hybridized carbons (Fsp3) is 0.350. The standard InChI is InChI=1S/C20H23N3O3/c24-20(11-6-17-4-2-1-3-5-17)16-21-12-14-22(15-13-21)18-7-9-19(10-8-18)23(25)26/h1-5,7-10H,6,11-16H2. The molecule has 0 bridgehead atoms. The average Bonchev–Trinajstić information content (AvgIpc) is 2.68. The number of benzene rings is 2. The van der Waals surface area contributed by atoms with Crippen LogP contribution in [0, 0.1) is 10.1 Å². The van der Waals surface area contributed by atoms with Crippen molar-refractivity contribution in [2.75, 3.05) is 37.6 Å². The van der Waals surface area contributed by atoms with E-state index in [0.717, 1.165) is 38.3 Å². The lowest BCUT2D eigenvalue weighted by Crippen LogP contribution is -2.48. The Hall–Kier alpha value is -2.73. The minimum absolute atomic E-state index is 0.108. The van der Waals surface area contributed by atoms with Gasteiger partial charge in [0, 0.05) is 50.4 Å². The Bertz CT molecular complexity index is 739. The highest BCUT2D eigenvalue weighted by molar-refractivity contribution is 5.80. The summed E-state index contributed by atoms with van der Waals surface area (Å²) in [6, 6.07) is 16.7. The molecule has 6 heteroatoms. The van der Waals surface area contributed by atoms with Gasteiger partial charge in [-0.25, -0.2) is 0 Å². The van der Waals surface area contributed by atoms with Gasteiger partial charge in [-0.2, -0.15) is 0 Å². The minimum atomic E-state index is -0.386. The van der Waals surface area contributed by atoms with Gasteiger partial charge in [0.25, 0.3) is 5.69 Å². The number of hydrogen-bond donors (Lipinski definition) is 0. The molecule has 0 N–H and O–H groups in total. The maximum Gasteiger partial charge on any atom is 0.269 e.